The van der Waals surface area contributed by atoms with E-state index in [1.54, 1.807) is 19.1 Å². The van der Waals surface area contributed by atoms with Crippen molar-refractivity contribution in [3.05, 3.63) is 38.8 Å². The summed E-state index contributed by atoms with van der Waals surface area (Å²) in [6, 6.07) is 4.96. The quantitative estimate of drug-likeness (QED) is 0.754. The maximum absolute atomic E-state index is 13.4. The molecule has 1 aromatic heterocycles. The Labute approximate surface area is 138 Å². The van der Waals surface area contributed by atoms with Crippen molar-refractivity contribution in [2.75, 3.05) is 12.4 Å². The standard InChI is InChI=1S/C16H19FIN3/c1-9-8-10(6-7-11(9)17)14-20-13(16(2,3)4)12(18)15(19-5)21-14/h6-8H,1-5H3,(H,19,20,21). The van der Waals surface area contributed by atoms with E-state index in [4.69, 9.17) is 4.98 Å². The lowest BCUT2D eigenvalue weighted by atomic mass is 9.91. The third kappa shape index (κ3) is 3.33. The van der Waals surface area contributed by atoms with Crippen LogP contribution in [0.25, 0.3) is 11.4 Å². The fourth-order valence-corrected chi connectivity index (χ4v) is 3.34. The molecule has 5 heteroatoms. The predicted octanol–water partition coefficient (Wildman–Crippen LogP) is 4.53. The third-order valence-electron chi connectivity index (χ3n) is 3.21. The first-order valence-electron chi connectivity index (χ1n) is 6.76. The summed E-state index contributed by atoms with van der Waals surface area (Å²) in [6.45, 7) is 8.11. The first-order chi connectivity index (χ1) is 9.74. The van der Waals surface area contributed by atoms with Crippen LogP contribution in [0.2, 0.25) is 0 Å². The molecule has 0 bridgehead atoms. The zero-order valence-electron chi connectivity index (χ0n) is 12.9. The van der Waals surface area contributed by atoms with E-state index < -0.39 is 0 Å². The van der Waals surface area contributed by atoms with Crippen LogP contribution < -0.4 is 5.32 Å². The van der Waals surface area contributed by atoms with Gasteiger partial charge >= 0.3 is 0 Å². The molecule has 3 nitrogen and oxygen atoms in total. The van der Waals surface area contributed by atoms with Crippen LogP contribution in [-0.4, -0.2) is 17.0 Å². The summed E-state index contributed by atoms with van der Waals surface area (Å²) >= 11 is 2.27. The normalized spacial score (nSPS) is 11.6. The second-order valence-electron chi connectivity index (χ2n) is 6.02. The second-order valence-corrected chi connectivity index (χ2v) is 7.10. The Hall–Kier alpha value is -1.24. The molecule has 0 amide bonds. The van der Waals surface area contributed by atoms with Gasteiger partial charge in [0.1, 0.15) is 11.6 Å². The van der Waals surface area contributed by atoms with Gasteiger partial charge in [-0.3, -0.25) is 0 Å². The number of nitrogens with one attached hydrogen (secondary N) is 1. The van der Waals surface area contributed by atoms with Crippen LogP contribution in [0, 0.1) is 16.3 Å². The van der Waals surface area contributed by atoms with Crippen LogP contribution in [0.1, 0.15) is 32.0 Å². The molecule has 0 fully saturated rings. The van der Waals surface area contributed by atoms with E-state index in [0.29, 0.717) is 11.4 Å². The molecule has 112 valence electrons. The SMILES string of the molecule is CNc1nc(-c2ccc(F)c(C)c2)nc(C(C)(C)C)c1I. The Morgan fingerprint density at radius 2 is 1.86 bits per heavy atom. The van der Waals surface area contributed by atoms with Gasteiger partial charge in [-0.05, 0) is 53.3 Å². The summed E-state index contributed by atoms with van der Waals surface area (Å²) in [5.41, 5.74) is 2.32. The Balaban J connectivity index is 2.66. The zero-order valence-corrected chi connectivity index (χ0v) is 15.0. The Morgan fingerprint density at radius 3 is 2.38 bits per heavy atom. The first-order valence-corrected chi connectivity index (χ1v) is 7.84. The molecule has 0 unspecified atom stereocenters. The monoisotopic (exact) mass is 399 g/mol. The molecule has 2 aromatic rings. The number of anilines is 1. The van der Waals surface area contributed by atoms with E-state index >= 15 is 0 Å². The Kier molecular flexibility index (Phi) is 4.51. The average Bonchev–Trinajstić information content (AvgIpc) is 2.41. The lowest BCUT2D eigenvalue weighted by Crippen LogP contribution is -2.18. The summed E-state index contributed by atoms with van der Waals surface area (Å²) in [7, 11) is 1.84. The fourth-order valence-electron chi connectivity index (χ4n) is 2.02. The molecule has 1 aromatic carbocycles. The predicted molar refractivity (Wildman–Crippen MR) is 93.1 cm³/mol. The summed E-state index contributed by atoms with van der Waals surface area (Å²) in [5.74, 6) is 1.20. The minimum Gasteiger partial charge on any atom is -0.372 e. The number of aromatic nitrogens is 2. The van der Waals surface area contributed by atoms with Crippen molar-refractivity contribution < 1.29 is 4.39 Å². The largest absolute Gasteiger partial charge is 0.372 e. The molecule has 1 heterocycles. The van der Waals surface area contributed by atoms with Gasteiger partial charge in [-0.2, -0.15) is 0 Å². The topological polar surface area (TPSA) is 37.8 Å². The molecule has 0 aliphatic carbocycles. The molecule has 0 radical (unpaired) electrons. The van der Waals surface area contributed by atoms with Gasteiger partial charge in [0.2, 0.25) is 0 Å². The van der Waals surface area contributed by atoms with Gasteiger partial charge in [-0.1, -0.05) is 20.8 Å². The number of benzene rings is 1. The van der Waals surface area contributed by atoms with Crippen molar-refractivity contribution in [2.45, 2.75) is 33.1 Å². The lowest BCUT2D eigenvalue weighted by Gasteiger charge is -2.21. The number of hydrogen-bond acceptors (Lipinski definition) is 3. The smallest absolute Gasteiger partial charge is 0.161 e. The average molecular weight is 399 g/mol. The highest BCUT2D eigenvalue weighted by atomic mass is 127. The number of nitrogens with zero attached hydrogens (tertiary/aromatic N) is 2. The lowest BCUT2D eigenvalue weighted by molar-refractivity contribution is 0.564. The highest BCUT2D eigenvalue weighted by Crippen LogP contribution is 2.31. The molecule has 0 atom stereocenters. The molecular weight excluding hydrogens is 380 g/mol. The van der Waals surface area contributed by atoms with E-state index in [1.807, 2.05) is 7.05 Å². The van der Waals surface area contributed by atoms with Crippen molar-refractivity contribution in [1.29, 1.82) is 0 Å². The molecule has 21 heavy (non-hydrogen) atoms. The molecule has 0 aliphatic rings. The van der Waals surface area contributed by atoms with E-state index in [-0.39, 0.29) is 11.2 Å². The highest BCUT2D eigenvalue weighted by Gasteiger charge is 2.23. The van der Waals surface area contributed by atoms with E-state index in [0.717, 1.165) is 20.6 Å². The van der Waals surface area contributed by atoms with E-state index in [2.05, 4.69) is 53.7 Å². The van der Waals surface area contributed by atoms with Gasteiger partial charge in [0, 0.05) is 18.0 Å². The minimum absolute atomic E-state index is 0.0884. The van der Waals surface area contributed by atoms with Gasteiger partial charge in [-0.25, -0.2) is 14.4 Å². The van der Waals surface area contributed by atoms with Crippen molar-refractivity contribution in [1.82, 2.24) is 9.97 Å². The van der Waals surface area contributed by atoms with Crippen LogP contribution >= 0.6 is 22.6 Å². The van der Waals surface area contributed by atoms with Crippen molar-refractivity contribution in [3.63, 3.8) is 0 Å². The zero-order chi connectivity index (χ0) is 15.8. The van der Waals surface area contributed by atoms with E-state index in [9.17, 15) is 4.39 Å². The van der Waals surface area contributed by atoms with Crippen LogP contribution in [-0.2, 0) is 5.41 Å². The minimum atomic E-state index is -0.214. The Bertz CT molecular complexity index is 678. The molecule has 0 aliphatic heterocycles. The maximum Gasteiger partial charge on any atom is 0.161 e. The molecule has 0 spiro atoms. The number of hydrogen-bond donors (Lipinski definition) is 1. The molecule has 1 N–H and O–H groups in total. The highest BCUT2D eigenvalue weighted by molar-refractivity contribution is 14.1. The third-order valence-corrected chi connectivity index (χ3v) is 4.24. The van der Waals surface area contributed by atoms with Crippen molar-refractivity contribution in [2.24, 2.45) is 0 Å². The summed E-state index contributed by atoms with van der Waals surface area (Å²) in [6.07, 6.45) is 0. The van der Waals surface area contributed by atoms with Crippen LogP contribution in [0.5, 0.6) is 0 Å². The van der Waals surface area contributed by atoms with E-state index in [1.165, 1.54) is 6.07 Å². The van der Waals surface area contributed by atoms with Gasteiger partial charge in [0.15, 0.2) is 5.82 Å². The van der Waals surface area contributed by atoms with Gasteiger partial charge in [-0.15, -0.1) is 0 Å². The number of halogens is 2. The molecular formula is C16H19FIN3. The maximum atomic E-state index is 13.4. The molecule has 0 saturated heterocycles. The van der Waals surface area contributed by atoms with Crippen LogP contribution in [0.3, 0.4) is 0 Å². The number of rotatable bonds is 2. The van der Waals surface area contributed by atoms with Gasteiger partial charge in [0.25, 0.3) is 0 Å². The van der Waals surface area contributed by atoms with Crippen LogP contribution in [0.4, 0.5) is 10.2 Å². The van der Waals surface area contributed by atoms with Gasteiger partial charge in [0.05, 0.1) is 9.26 Å². The summed E-state index contributed by atoms with van der Waals surface area (Å²) in [5, 5.41) is 3.11. The molecule has 0 saturated carbocycles. The first kappa shape index (κ1) is 16.1. The summed E-state index contributed by atoms with van der Waals surface area (Å²) in [4.78, 5) is 9.27. The van der Waals surface area contributed by atoms with Crippen LogP contribution in [0.15, 0.2) is 18.2 Å². The second kappa shape index (κ2) is 5.87. The Morgan fingerprint density at radius 1 is 1.19 bits per heavy atom. The van der Waals surface area contributed by atoms with Crippen molar-refractivity contribution >= 4 is 28.4 Å². The number of aryl methyl sites for hydroxylation is 1. The molecule has 2 rings (SSSR count). The van der Waals surface area contributed by atoms with Gasteiger partial charge < -0.3 is 5.32 Å². The van der Waals surface area contributed by atoms with Crippen molar-refractivity contribution in [3.8, 4) is 11.4 Å². The summed E-state index contributed by atoms with van der Waals surface area (Å²) < 4.78 is 14.5. The fraction of sp³-hybridized carbons (Fsp3) is 0.375.